The molecule has 8 nitrogen and oxygen atoms in total. The molecule has 11 heteroatoms. The van der Waals surface area contributed by atoms with Crippen LogP contribution in [0, 0.1) is 10.1 Å². The highest BCUT2D eigenvalue weighted by molar-refractivity contribution is 7.85. The Hall–Kier alpha value is -2.14. The number of carbonyl (C=O) groups is 1. The van der Waals surface area contributed by atoms with E-state index in [1.807, 2.05) is 5.32 Å². The maximum atomic E-state index is 12.7. The van der Waals surface area contributed by atoms with Crippen LogP contribution in [0.5, 0.6) is 0 Å². The van der Waals surface area contributed by atoms with E-state index >= 15 is 0 Å². The van der Waals surface area contributed by atoms with Crippen LogP contribution >= 0.6 is 0 Å². The van der Waals surface area contributed by atoms with Gasteiger partial charge >= 0.3 is 0 Å². The number of amides is 1. The number of nitro groups is 1. The number of halogens is 2. The summed E-state index contributed by atoms with van der Waals surface area (Å²) in [6.45, 7) is -0.717. The summed E-state index contributed by atoms with van der Waals surface area (Å²) in [5.41, 5.74) is 0.0283. The summed E-state index contributed by atoms with van der Waals surface area (Å²) in [6, 6.07) is 3.45. The molecule has 1 amide bonds. The summed E-state index contributed by atoms with van der Waals surface area (Å²) in [4.78, 5) is 21.8. The van der Waals surface area contributed by atoms with Crippen LogP contribution < -0.4 is 5.32 Å². The fourth-order valence-corrected chi connectivity index (χ4v) is 2.03. The number of nitrogens with one attached hydrogen (secondary N) is 1. The highest BCUT2D eigenvalue weighted by Gasteiger charge is 2.22. The first kappa shape index (κ1) is 19.9. The third-order valence-electron chi connectivity index (χ3n) is 2.78. The minimum absolute atomic E-state index is 0.105. The molecule has 0 radical (unpaired) electrons. The number of nitro benzene ring substituents is 1. The molecule has 1 aromatic rings. The SMILES string of the molecule is CC(F)(F)CNC(=O)Cc1ccc([N+](=O)[O-])cc1COS(C)(=O)=O. The Morgan fingerprint density at radius 1 is 1.38 bits per heavy atom. The molecule has 0 heterocycles. The average Bonchev–Trinajstić information content (AvgIpc) is 2.42. The predicted octanol–water partition coefficient (Wildman–Crippen LogP) is 1.38. The molecule has 0 bridgehead atoms. The Kier molecular flexibility index (Phi) is 6.32. The van der Waals surface area contributed by atoms with Gasteiger partial charge in [0.2, 0.25) is 5.91 Å². The zero-order valence-corrected chi connectivity index (χ0v) is 13.7. The maximum absolute atomic E-state index is 12.7. The van der Waals surface area contributed by atoms with E-state index in [0.29, 0.717) is 6.92 Å². The molecule has 0 aliphatic rings. The zero-order chi connectivity index (χ0) is 18.5. The number of rotatable bonds is 8. The first-order chi connectivity index (χ1) is 10.9. The molecule has 0 spiro atoms. The van der Waals surface area contributed by atoms with Gasteiger partial charge in [-0.1, -0.05) is 6.07 Å². The molecule has 0 aromatic heterocycles. The number of carbonyl (C=O) groups excluding carboxylic acids is 1. The Morgan fingerprint density at radius 2 is 2.00 bits per heavy atom. The van der Waals surface area contributed by atoms with E-state index < -0.39 is 40.0 Å². The van der Waals surface area contributed by atoms with Crippen molar-refractivity contribution in [3.8, 4) is 0 Å². The summed E-state index contributed by atoms with van der Waals surface area (Å²) < 4.78 is 52.1. The van der Waals surface area contributed by atoms with E-state index in [4.69, 9.17) is 0 Å². The van der Waals surface area contributed by atoms with E-state index in [0.717, 1.165) is 18.4 Å². The van der Waals surface area contributed by atoms with Crippen molar-refractivity contribution in [1.29, 1.82) is 0 Å². The third-order valence-corrected chi connectivity index (χ3v) is 3.32. The Bertz CT molecular complexity index is 730. The third kappa shape index (κ3) is 7.42. The summed E-state index contributed by atoms with van der Waals surface area (Å²) in [5, 5.41) is 12.8. The van der Waals surface area contributed by atoms with Gasteiger partial charge in [-0.05, 0) is 11.1 Å². The summed E-state index contributed by atoms with van der Waals surface area (Å²) >= 11 is 0. The highest BCUT2D eigenvalue weighted by Crippen LogP contribution is 2.20. The molecule has 0 fully saturated rings. The van der Waals surface area contributed by atoms with Gasteiger partial charge in [-0.3, -0.25) is 19.1 Å². The van der Waals surface area contributed by atoms with Crippen LogP contribution in [0.15, 0.2) is 18.2 Å². The summed E-state index contributed by atoms with van der Waals surface area (Å²) in [6.07, 6.45) is 0.455. The summed E-state index contributed by atoms with van der Waals surface area (Å²) in [5.74, 6) is -3.81. The van der Waals surface area contributed by atoms with Crippen LogP contribution in [0.1, 0.15) is 18.1 Å². The normalized spacial score (nSPS) is 12.0. The van der Waals surface area contributed by atoms with Crippen LogP contribution in [0.4, 0.5) is 14.5 Å². The van der Waals surface area contributed by atoms with Crippen LogP contribution in [-0.2, 0) is 32.1 Å². The van der Waals surface area contributed by atoms with Gasteiger partial charge in [0.15, 0.2) is 0 Å². The molecular weight excluding hydrogens is 350 g/mol. The molecular formula is C13H16F2N2O6S. The van der Waals surface area contributed by atoms with Gasteiger partial charge in [0.25, 0.3) is 21.7 Å². The molecule has 0 atom stereocenters. The monoisotopic (exact) mass is 366 g/mol. The second-order valence-corrected chi connectivity index (χ2v) is 6.84. The average molecular weight is 366 g/mol. The predicted molar refractivity (Wildman–Crippen MR) is 80.1 cm³/mol. The number of non-ortho nitro benzene ring substituents is 1. The lowest BCUT2D eigenvalue weighted by molar-refractivity contribution is -0.385. The van der Waals surface area contributed by atoms with Crippen LogP contribution in [0.25, 0.3) is 0 Å². The first-order valence-corrected chi connectivity index (χ1v) is 8.44. The van der Waals surface area contributed by atoms with Crippen molar-refractivity contribution >= 4 is 21.7 Å². The van der Waals surface area contributed by atoms with Gasteiger partial charge in [-0.2, -0.15) is 8.42 Å². The molecule has 0 unspecified atom stereocenters. The van der Waals surface area contributed by atoms with Gasteiger partial charge in [0.05, 0.1) is 30.8 Å². The Labute approximate surface area is 137 Å². The molecule has 0 saturated carbocycles. The second kappa shape index (κ2) is 7.62. The van der Waals surface area contributed by atoms with Gasteiger partial charge < -0.3 is 5.32 Å². The molecule has 1 N–H and O–H groups in total. The van der Waals surface area contributed by atoms with Gasteiger partial charge in [-0.15, -0.1) is 0 Å². The molecule has 0 saturated heterocycles. The van der Waals surface area contributed by atoms with Crippen LogP contribution in [0.3, 0.4) is 0 Å². The lowest BCUT2D eigenvalue weighted by atomic mass is 10.0. The smallest absolute Gasteiger partial charge is 0.269 e. The molecule has 0 aliphatic carbocycles. The fourth-order valence-electron chi connectivity index (χ4n) is 1.69. The zero-order valence-electron chi connectivity index (χ0n) is 12.9. The molecule has 0 aliphatic heterocycles. The van der Waals surface area contributed by atoms with Crippen LogP contribution in [0.2, 0.25) is 0 Å². The Morgan fingerprint density at radius 3 is 2.50 bits per heavy atom. The molecule has 1 rings (SSSR count). The first-order valence-electron chi connectivity index (χ1n) is 6.62. The van der Waals surface area contributed by atoms with Crippen molar-refractivity contribution in [2.75, 3.05) is 12.8 Å². The quantitative estimate of drug-likeness (QED) is 0.422. The van der Waals surface area contributed by atoms with Crippen molar-refractivity contribution in [3.63, 3.8) is 0 Å². The largest absolute Gasteiger partial charge is 0.350 e. The second-order valence-electron chi connectivity index (χ2n) is 5.20. The minimum atomic E-state index is -3.80. The van der Waals surface area contributed by atoms with Crippen molar-refractivity contribution in [1.82, 2.24) is 5.32 Å². The van der Waals surface area contributed by atoms with Crippen molar-refractivity contribution in [2.24, 2.45) is 0 Å². The summed E-state index contributed by atoms with van der Waals surface area (Å²) in [7, 11) is -3.80. The van der Waals surface area contributed by atoms with Gasteiger partial charge in [0, 0.05) is 19.1 Å². The van der Waals surface area contributed by atoms with E-state index in [1.165, 1.54) is 6.07 Å². The number of hydrogen-bond acceptors (Lipinski definition) is 6. The van der Waals surface area contributed by atoms with E-state index in [1.54, 1.807) is 0 Å². The Balaban J connectivity index is 2.95. The van der Waals surface area contributed by atoms with E-state index in [-0.39, 0.29) is 23.2 Å². The van der Waals surface area contributed by atoms with Crippen molar-refractivity contribution < 1.29 is 31.1 Å². The van der Waals surface area contributed by atoms with Gasteiger partial charge in [0.1, 0.15) is 0 Å². The topological polar surface area (TPSA) is 116 Å². The fraction of sp³-hybridized carbons (Fsp3) is 0.462. The van der Waals surface area contributed by atoms with Gasteiger partial charge in [-0.25, -0.2) is 8.78 Å². The number of nitrogens with zero attached hydrogens (tertiary/aromatic N) is 1. The molecule has 134 valence electrons. The lowest BCUT2D eigenvalue weighted by Gasteiger charge is -2.13. The minimum Gasteiger partial charge on any atom is -0.350 e. The van der Waals surface area contributed by atoms with Crippen molar-refractivity contribution in [3.05, 3.63) is 39.4 Å². The van der Waals surface area contributed by atoms with Crippen molar-refractivity contribution in [2.45, 2.75) is 25.9 Å². The highest BCUT2D eigenvalue weighted by atomic mass is 32.2. The molecule has 1 aromatic carbocycles. The van der Waals surface area contributed by atoms with E-state index in [9.17, 15) is 32.1 Å². The number of alkyl halides is 2. The molecule has 24 heavy (non-hydrogen) atoms. The number of benzene rings is 1. The maximum Gasteiger partial charge on any atom is 0.269 e. The van der Waals surface area contributed by atoms with E-state index in [2.05, 4.69) is 4.18 Å². The van der Waals surface area contributed by atoms with Crippen LogP contribution in [-0.4, -0.2) is 38.0 Å². The number of hydrogen-bond donors (Lipinski definition) is 1. The lowest BCUT2D eigenvalue weighted by Crippen LogP contribution is -2.35. The standard InChI is InChI=1S/C13H16F2N2O6S/c1-13(14,15)8-16-12(18)6-9-3-4-11(17(19)20)5-10(9)7-23-24(2,21)22/h3-5H,6-8H2,1-2H3,(H,16,18).